The van der Waals surface area contributed by atoms with Gasteiger partial charge in [-0.1, -0.05) is 0 Å². The molecule has 0 atom stereocenters. The Morgan fingerprint density at radius 1 is 1.21 bits per heavy atom. The number of nitrogens with zero attached hydrogens (tertiary/aromatic N) is 5. The summed E-state index contributed by atoms with van der Waals surface area (Å²) in [4.78, 5) is 25.8. The summed E-state index contributed by atoms with van der Waals surface area (Å²) in [5, 5.41) is 5.53. The average molecular weight is 341 g/mol. The van der Waals surface area contributed by atoms with Gasteiger partial charge in [0.25, 0.3) is 5.56 Å². The van der Waals surface area contributed by atoms with Crippen LogP contribution in [0.15, 0.2) is 10.9 Å². The summed E-state index contributed by atoms with van der Waals surface area (Å²) in [6.45, 7) is 7.70. The first kappa shape index (κ1) is 15.3. The molecule has 124 valence electrons. The maximum Gasteiger partial charge on any atom is 0.266 e. The molecule has 0 aliphatic carbocycles. The second-order valence-electron chi connectivity index (χ2n) is 6.31. The molecule has 24 heavy (non-hydrogen) atoms. The van der Waals surface area contributed by atoms with Gasteiger partial charge in [-0.05, 0) is 26.3 Å². The number of fused-ring (bicyclic) bond motifs is 2. The highest BCUT2D eigenvalue weighted by Crippen LogP contribution is 2.36. The zero-order valence-electron chi connectivity index (χ0n) is 14.3. The Kier molecular flexibility index (Phi) is 3.42. The Morgan fingerprint density at radius 2 is 2.00 bits per heavy atom. The number of hydrogen-bond donors (Lipinski definition) is 0. The summed E-state index contributed by atoms with van der Waals surface area (Å²) in [5.74, 6) is 1.76. The third-order valence-electron chi connectivity index (χ3n) is 4.66. The van der Waals surface area contributed by atoms with Gasteiger partial charge in [-0.15, -0.1) is 11.3 Å². The molecular weight excluding hydrogens is 322 g/mol. The molecule has 0 aromatic carbocycles. The number of hydrogen-bond acceptors (Lipinski definition) is 6. The monoisotopic (exact) mass is 341 g/mol. The van der Waals surface area contributed by atoms with E-state index >= 15 is 0 Å². The summed E-state index contributed by atoms with van der Waals surface area (Å²) in [6, 6.07) is 1.70. The van der Waals surface area contributed by atoms with Gasteiger partial charge in [0.05, 0.1) is 11.1 Å². The van der Waals surface area contributed by atoms with Crippen LogP contribution in [0.25, 0.3) is 10.2 Å². The van der Waals surface area contributed by atoms with Gasteiger partial charge in [-0.3, -0.25) is 4.79 Å². The zero-order valence-corrected chi connectivity index (χ0v) is 15.1. The minimum atomic E-state index is -0.0674. The molecule has 0 radical (unpaired) electrons. The molecule has 0 saturated carbocycles. The average Bonchev–Trinajstić information content (AvgIpc) is 2.82. The van der Waals surface area contributed by atoms with Crippen molar-refractivity contribution in [3.05, 3.63) is 43.9 Å². The van der Waals surface area contributed by atoms with Crippen molar-refractivity contribution in [3.63, 3.8) is 0 Å². The van der Waals surface area contributed by atoms with E-state index in [9.17, 15) is 4.79 Å². The van der Waals surface area contributed by atoms with Gasteiger partial charge in [0.2, 0.25) is 0 Å². The van der Waals surface area contributed by atoms with Crippen molar-refractivity contribution in [2.75, 3.05) is 11.4 Å². The molecule has 4 rings (SSSR count). The highest BCUT2D eigenvalue weighted by atomic mass is 32.1. The van der Waals surface area contributed by atoms with Crippen molar-refractivity contribution < 1.29 is 0 Å². The second-order valence-corrected chi connectivity index (χ2v) is 7.51. The lowest BCUT2D eigenvalue weighted by atomic mass is 10.1. The lowest BCUT2D eigenvalue weighted by Gasteiger charge is -2.29. The van der Waals surface area contributed by atoms with E-state index in [0.29, 0.717) is 6.54 Å². The third-order valence-corrected chi connectivity index (χ3v) is 5.76. The second kappa shape index (κ2) is 5.37. The summed E-state index contributed by atoms with van der Waals surface area (Å²) < 4.78 is 1.41. The molecule has 4 heterocycles. The van der Waals surface area contributed by atoms with Gasteiger partial charge in [0.15, 0.2) is 0 Å². The first-order valence-electron chi connectivity index (χ1n) is 7.99. The largest absolute Gasteiger partial charge is 0.351 e. The standard InChI is InChI=1S/C17H19N5OS/c1-9-10(2)24-17-15(9)16(18-11(3)19-17)22-6-5-13-12(8-22)7-14(23)21(4)20-13/h7H,5-6,8H2,1-4H3. The molecule has 3 aromatic heterocycles. The summed E-state index contributed by atoms with van der Waals surface area (Å²) in [7, 11) is 1.70. The van der Waals surface area contributed by atoms with E-state index in [-0.39, 0.29) is 5.56 Å². The van der Waals surface area contributed by atoms with Crippen molar-refractivity contribution in [1.82, 2.24) is 19.7 Å². The van der Waals surface area contributed by atoms with Gasteiger partial charge < -0.3 is 4.90 Å². The molecule has 1 aliphatic rings. The lowest BCUT2D eigenvalue weighted by molar-refractivity contribution is 0.622. The van der Waals surface area contributed by atoms with E-state index in [0.717, 1.165) is 46.1 Å². The molecule has 0 N–H and O–H groups in total. The van der Waals surface area contributed by atoms with Gasteiger partial charge >= 0.3 is 0 Å². The fourth-order valence-electron chi connectivity index (χ4n) is 3.24. The number of aromatic nitrogens is 4. The maximum atomic E-state index is 11.9. The fourth-order valence-corrected chi connectivity index (χ4v) is 4.30. The molecule has 3 aromatic rings. The van der Waals surface area contributed by atoms with Crippen LogP contribution in [0.2, 0.25) is 0 Å². The molecule has 0 spiro atoms. The van der Waals surface area contributed by atoms with Crippen molar-refractivity contribution in [2.45, 2.75) is 33.7 Å². The lowest BCUT2D eigenvalue weighted by Crippen LogP contribution is -2.35. The van der Waals surface area contributed by atoms with Crippen molar-refractivity contribution in [3.8, 4) is 0 Å². The summed E-state index contributed by atoms with van der Waals surface area (Å²) in [5.41, 5.74) is 3.19. The third kappa shape index (κ3) is 2.31. The molecule has 1 aliphatic heterocycles. The van der Waals surface area contributed by atoms with E-state index in [2.05, 4.69) is 28.8 Å². The van der Waals surface area contributed by atoms with Crippen molar-refractivity contribution >= 4 is 27.4 Å². The molecule has 0 amide bonds. The van der Waals surface area contributed by atoms with Crippen LogP contribution in [0.4, 0.5) is 5.82 Å². The van der Waals surface area contributed by atoms with Crippen LogP contribution < -0.4 is 10.5 Å². The van der Waals surface area contributed by atoms with E-state index < -0.39 is 0 Å². The van der Waals surface area contributed by atoms with Crippen LogP contribution >= 0.6 is 11.3 Å². The van der Waals surface area contributed by atoms with Gasteiger partial charge in [-0.25, -0.2) is 14.6 Å². The Hall–Kier alpha value is -2.28. The number of aryl methyl sites for hydroxylation is 4. The smallest absolute Gasteiger partial charge is 0.266 e. The summed E-state index contributed by atoms with van der Waals surface area (Å²) >= 11 is 1.72. The predicted molar refractivity (Wildman–Crippen MR) is 95.9 cm³/mol. The Labute approximate surface area is 143 Å². The highest BCUT2D eigenvalue weighted by molar-refractivity contribution is 7.18. The fraction of sp³-hybridized carbons (Fsp3) is 0.412. The Morgan fingerprint density at radius 3 is 2.79 bits per heavy atom. The van der Waals surface area contributed by atoms with Crippen molar-refractivity contribution in [1.29, 1.82) is 0 Å². The van der Waals surface area contributed by atoms with E-state index in [1.165, 1.54) is 15.1 Å². The van der Waals surface area contributed by atoms with Gasteiger partial charge in [0.1, 0.15) is 16.5 Å². The molecule has 0 saturated heterocycles. The molecule has 6 nitrogen and oxygen atoms in total. The Balaban J connectivity index is 1.84. The van der Waals surface area contributed by atoms with Crippen LogP contribution in [0, 0.1) is 20.8 Å². The van der Waals surface area contributed by atoms with Crippen LogP contribution in [0.5, 0.6) is 0 Å². The minimum Gasteiger partial charge on any atom is -0.351 e. The normalized spacial score (nSPS) is 14.2. The topological polar surface area (TPSA) is 63.9 Å². The quantitative estimate of drug-likeness (QED) is 0.679. The number of thiophene rings is 1. The van der Waals surface area contributed by atoms with Crippen LogP contribution in [0.1, 0.15) is 27.5 Å². The first-order valence-corrected chi connectivity index (χ1v) is 8.81. The van der Waals surface area contributed by atoms with Gasteiger partial charge in [-0.2, -0.15) is 5.10 Å². The van der Waals surface area contributed by atoms with Crippen LogP contribution in [-0.2, 0) is 20.0 Å². The van der Waals surface area contributed by atoms with Crippen molar-refractivity contribution in [2.24, 2.45) is 7.05 Å². The molecule has 0 fully saturated rings. The number of anilines is 1. The summed E-state index contributed by atoms with van der Waals surface area (Å²) in [6.07, 6.45) is 0.816. The van der Waals surface area contributed by atoms with Crippen LogP contribution in [-0.4, -0.2) is 26.3 Å². The van der Waals surface area contributed by atoms with Crippen LogP contribution in [0.3, 0.4) is 0 Å². The first-order chi connectivity index (χ1) is 11.4. The number of rotatable bonds is 1. The predicted octanol–water partition coefficient (Wildman–Crippen LogP) is 2.27. The molecule has 0 bridgehead atoms. The van der Waals surface area contributed by atoms with E-state index in [4.69, 9.17) is 4.98 Å². The SMILES string of the molecule is Cc1nc(N2CCc3nn(C)c(=O)cc3C2)c2c(C)c(C)sc2n1. The van der Waals surface area contributed by atoms with E-state index in [1.54, 1.807) is 24.5 Å². The minimum absolute atomic E-state index is 0.0674. The van der Waals surface area contributed by atoms with Gasteiger partial charge in [0, 0.05) is 43.1 Å². The molecule has 0 unspecified atom stereocenters. The van der Waals surface area contributed by atoms with E-state index in [1.807, 2.05) is 6.92 Å². The zero-order chi connectivity index (χ0) is 17.0. The Bertz CT molecular complexity index is 1020. The molecular formula is C17H19N5OS. The maximum absolute atomic E-state index is 11.9. The molecule has 7 heteroatoms. The highest BCUT2D eigenvalue weighted by Gasteiger charge is 2.23.